The summed E-state index contributed by atoms with van der Waals surface area (Å²) in [7, 11) is 0. The molecule has 5 heteroatoms. The molecule has 0 spiro atoms. The Morgan fingerprint density at radius 2 is 2.18 bits per heavy atom. The van der Waals surface area contributed by atoms with Gasteiger partial charge in [-0.05, 0) is 36.0 Å². The van der Waals surface area contributed by atoms with Crippen LogP contribution in [0.15, 0.2) is 24.3 Å². The highest BCUT2D eigenvalue weighted by Gasteiger charge is 2.20. The van der Waals surface area contributed by atoms with Crippen molar-refractivity contribution in [3.63, 3.8) is 0 Å². The van der Waals surface area contributed by atoms with Crippen molar-refractivity contribution < 1.29 is 0 Å². The zero-order chi connectivity index (χ0) is 12.3. The van der Waals surface area contributed by atoms with Gasteiger partial charge in [0, 0.05) is 0 Å². The third kappa shape index (κ3) is 2.36. The van der Waals surface area contributed by atoms with E-state index < -0.39 is 0 Å². The summed E-state index contributed by atoms with van der Waals surface area (Å²) < 4.78 is 4.01. The number of hydrogen-bond acceptors (Lipinski definition) is 5. The number of aryl methyl sites for hydroxylation is 2. The van der Waals surface area contributed by atoms with Gasteiger partial charge in [0.15, 0.2) is 0 Å². The summed E-state index contributed by atoms with van der Waals surface area (Å²) in [5.74, 6) is 5.69. The fourth-order valence-electron chi connectivity index (χ4n) is 1.90. The molecule has 90 valence electrons. The Hall–Kier alpha value is -1.30. The maximum Gasteiger partial charge on any atom is 0.0840 e. The Balaban J connectivity index is 2.44. The van der Waals surface area contributed by atoms with Crippen molar-refractivity contribution in [1.29, 1.82) is 0 Å². The fourth-order valence-corrected chi connectivity index (χ4v) is 2.72. The third-order valence-electron chi connectivity index (χ3n) is 2.85. The van der Waals surface area contributed by atoms with E-state index in [1.54, 1.807) is 0 Å². The van der Waals surface area contributed by atoms with E-state index in [1.165, 1.54) is 22.7 Å². The van der Waals surface area contributed by atoms with Gasteiger partial charge in [-0.1, -0.05) is 35.7 Å². The Labute approximate surface area is 105 Å². The number of nitrogens with zero attached hydrogens (tertiary/aromatic N) is 2. The van der Waals surface area contributed by atoms with Crippen molar-refractivity contribution in [2.75, 3.05) is 0 Å². The fraction of sp³-hybridized carbons (Fsp3) is 0.333. The van der Waals surface area contributed by atoms with Crippen LogP contribution < -0.4 is 11.3 Å². The number of hydrazine groups is 1. The first-order valence-corrected chi connectivity index (χ1v) is 6.38. The van der Waals surface area contributed by atoms with Gasteiger partial charge in [-0.25, -0.2) is 5.43 Å². The molecule has 1 aromatic carbocycles. The van der Waals surface area contributed by atoms with Crippen LogP contribution in [0.4, 0.5) is 0 Å². The number of aromatic nitrogens is 2. The molecular weight excluding hydrogens is 232 g/mol. The Morgan fingerprint density at radius 3 is 2.82 bits per heavy atom. The Bertz CT molecular complexity index is 495. The van der Waals surface area contributed by atoms with E-state index in [-0.39, 0.29) is 6.04 Å². The predicted molar refractivity (Wildman–Crippen MR) is 69.6 cm³/mol. The monoisotopic (exact) mass is 248 g/mol. The lowest BCUT2D eigenvalue weighted by Crippen LogP contribution is -2.29. The first kappa shape index (κ1) is 12.2. The standard InChI is InChI=1S/C12H16N4S/c1-3-10-12(17-16-15-10)11(14-13)9-7-5-4-6-8(9)2/h4-7,11,14H,3,13H2,1-2H3. The summed E-state index contributed by atoms with van der Waals surface area (Å²) in [5, 5.41) is 4.13. The number of rotatable bonds is 4. The van der Waals surface area contributed by atoms with Gasteiger partial charge >= 0.3 is 0 Å². The number of hydrogen-bond donors (Lipinski definition) is 2. The van der Waals surface area contributed by atoms with Gasteiger partial charge in [-0.3, -0.25) is 5.84 Å². The summed E-state index contributed by atoms with van der Waals surface area (Å²) in [5.41, 5.74) is 6.27. The van der Waals surface area contributed by atoms with Crippen molar-refractivity contribution >= 4 is 11.5 Å². The van der Waals surface area contributed by atoms with E-state index in [0.717, 1.165) is 17.0 Å². The second kappa shape index (κ2) is 5.35. The minimum atomic E-state index is -0.0221. The summed E-state index contributed by atoms with van der Waals surface area (Å²) in [6, 6.07) is 8.19. The molecule has 0 aliphatic carbocycles. The number of nitrogens with one attached hydrogen (secondary N) is 1. The van der Waals surface area contributed by atoms with Crippen molar-refractivity contribution in [1.82, 2.24) is 15.0 Å². The van der Waals surface area contributed by atoms with Gasteiger partial charge in [0.25, 0.3) is 0 Å². The van der Waals surface area contributed by atoms with Crippen LogP contribution in [0, 0.1) is 6.92 Å². The zero-order valence-corrected chi connectivity index (χ0v) is 10.8. The first-order valence-electron chi connectivity index (χ1n) is 5.60. The zero-order valence-electron chi connectivity index (χ0n) is 9.97. The maximum absolute atomic E-state index is 5.69. The topological polar surface area (TPSA) is 63.8 Å². The van der Waals surface area contributed by atoms with Gasteiger partial charge in [-0.2, -0.15) is 0 Å². The van der Waals surface area contributed by atoms with E-state index in [2.05, 4.69) is 41.0 Å². The van der Waals surface area contributed by atoms with E-state index >= 15 is 0 Å². The maximum atomic E-state index is 5.69. The van der Waals surface area contributed by atoms with Gasteiger partial charge in [-0.15, -0.1) is 5.10 Å². The van der Waals surface area contributed by atoms with Crippen LogP contribution in [0.25, 0.3) is 0 Å². The molecule has 3 N–H and O–H groups in total. The van der Waals surface area contributed by atoms with Crippen molar-refractivity contribution in [2.24, 2.45) is 5.84 Å². The summed E-state index contributed by atoms with van der Waals surface area (Å²) in [6.45, 7) is 4.16. The summed E-state index contributed by atoms with van der Waals surface area (Å²) >= 11 is 1.41. The summed E-state index contributed by atoms with van der Waals surface area (Å²) in [4.78, 5) is 1.10. The van der Waals surface area contributed by atoms with E-state index in [4.69, 9.17) is 5.84 Å². The lowest BCUT2D eigenvalue weighted by atomic mass is 9.99. The van der Waals surface area contributed by atoms with Crippen LogP contribution in [0.2, 0.25) is 0 Å². The van der Waals surface area contributed by atoms with Crippen LogP contribution >= 0.6 is 11.5 Å². The van der Waals surface area contributed by atoms with Crippen LogP contribution in [0.3, 0.4) is 0 Å². The molecule has 0 saturated heterocycles. The molecule has 1 unspecified atom stereocenters. The quantitative estimate of drug-likeness (QED) is 0.641. The minimum Gasteiger partial charge on any atom is -0.271 e. The van der Waals surface area contributed by atoms with Gasteiger partial charge in [0.1, 0.15) is 0 Å². The Kier molecular flexibility index (Phi) is 3.83. The highest BCUT2D eigenvalue weighted by atomic mass is 32.1. The highest BCUT2D eigenvalue weighted by Crippen LogP contribution is 2.28. The molecule has 0 bridgehead atoms. The van der Waals surface area contributed by atoms with Crippen molar-refractivity contribution in [2.45, 2.75) is 26.3 Å². The molecule has 17 heavy (non-hydrogen) atoms. The molecule has 4 nitrogen and oxygen atoms in total. The smallest absolute Gasteiger partial charge is 0.0840 e. The molecule has 0 aliphatic rings. The van der Waals surface area contributed by atoms with Gasteiger partial charge in [0.05, 0.1) is 16.6 Å². The normalized spacial score (nSPS) is 12.6. The molecule has 0 aliphatic heterocycles. The van der Waals surface area contributed by atoms with Crippen molar-refractivity contribution in [3.8, 4) is 0 Å². The molecule has 2 rings (SSSR count). The van der Waals surface area contributed by atoms with E-state index in [1.807, 2.05) is 12.1 Å². The SMILES string of the molecule is CCc1nnsc1C(NN)c1ccccc1C. The Morgan fingerprint density at radius 1 is 1.41 bits per heavy atom. The second-order valence-corrected chi connectivity index (χ2v) is 4.68. The summed E-state index contributed by atoms with van der Waals surface area (Å²) in [6.07, 6.45) is 0.871. The molecule has 1 atom stereocenters. The highest BCUT2D eigenvalue weighted by molar-refractivity contribution is 7.05. The molecule has 0 amide bonds. The molecule has 2 aromatic rings. The molecule has 0 saturated carbocycles. The molecule has 1 aromatic heterocycles. The lowest BCUT2D eigenvalue weighted by molar-refractivity contribution is 0.636. The van der Waals surface area contributed by atoms with Crippen LogP contribution in [0.5, 0.6) is 0 Å². The predicted octanol–water partition coefficient (Wildman–Crippen LogP) is 1.96. The largest absolute Gasteiger partial charge is 0.271 e. The molecule has 0 fully saturated rings. The first-order chi connectivity index (χ1) is 8.27. The van der Waals surface area contributed by atoms with Crippen LogP contribution in [-0.4, -0.2) is 9.59 Å². The average molecular weight is 248 g/mol. The molecular formula is C12H16N4S. The third-order valence-corrected chi connectivity index (χ3v) is 3.68. The van der Waals surface area contributed by atoms with Crippen LogP contribution in [0.1, 0.15) is 34.7 Å². The van der Waals surface area contributed by atoms with Gasteiger partial charge in [0.2, 0.25) is 0 Å². The number of benzene rings is 1. The van der Waals surface area contributed by atoms with E-state index in [9.17, 15) is 0 Å². The minimum absolute atomic E-state index is 0.0221. The van der Waals surface area contributed by atoms with Gasteiger partial charge < -0.3 is 0 Å². The van der Waals surface area contributed by atoms with E-state index in [0.29, 0.717) is 0 Å². The molecule has 1 heterocycles. The lowest BCUT2D eigenvalue weighted by Gasteiger charge is -2.17. The number of nitrogens with two attached hydrogens (primary N) is 1. The van der Waals surface area contributed by atoms with Crippen LogP contribution in [-0.2, 0) is 6.42 Å². The van der Waals surface area contributed by atoms with Crippen molar-refractivity contribution in [3.05, 3.63) is 46.0 Å². The average Bonchev–Trinajstić information content (AvgIpc) is 2.81. The second-order valence-electron chi connectivity index (χ2n) is 3.89. The molecule has 0 radical (unpaired) electrons.